The van der Waals surface area contributed by atoms with Crippen molar-refractivity contribution in [3.63, 3.8) is 0 Å². The van der Waals surface area contributed by atoms with Crippen LogP contribution < -0.4 is 10.1 Å². The van der Waals surface area contributed by atoms with Gasteiger partial charge in [0.05, 0.1) is 22.9 Å². The smallest absolute Gasteiger partial charge is 0.341 e. The van der Waals surface area contributed by atoms with Crippen molar-refractivity contribution in [1.29, 1.82) is 0 Å². The van der Waals surface area contributed by atoms with E-state index >= 15 is 0 Å². The lowest BCUT2D eigenvalue weighted by molar-refractivity contribution is -0.113. The highest BCUT2D eigenvalue weighted by Crippen LogP contribution is 2.29. The van der Waals surface area contributed by atoms with Gasteiger partial charge in [-0.15, -0.1) is 28.1 Å². The number of aryl methyl sites for hydroxylation is 1. The van der Waals surface area contributed by atoms with E-state index in [0.29, 0.717) is 33.8 Å². The molecule has 0 saturated carbocycles. The summed E-state index contributed by atoms with van der Waals surface area (Å²) in [6.07, 6.45) is 1.67. The molecule has 0 aliphatic heterocycles. The zero-order chi connectivity index (χ0) is 24.7. The molecule has 0 radical (unpaired) electrons. The second-order valence-corrected chi connectivity index (χ2v) is 9.43. The fourth-order valence-electron chi connectivity index (χ4n) is 2.82. The van der Waals surface area contributed by atoms with Crippen molar-refractivity contribution < 1.29 is 23.5 Å². The number of halogens is 2. The van der Waals surface area contributed by atoms with Crippen molar-refractivity contribution in [2.45, 2.75) is 32.2 Å². The Morgan fingerprint density at radius 1 is 1.35 bits per heavy atom. The number of aromatic nitrogens is 3. The number of benzene rings is 1. The summed E-state index contributed by atoms with van der Waals surface area (Å²) in [6.45, 7) is 8.02. The summed E-state index contributed by atoms with van der Waals surface area (Å²) in [5, 5.41) is 11.9. The van der Waals surface area contributed by atoms with Crippen LogP contribution in [0.3, 0.4) is 0 Å². The van der Waals surface area contributed by atoms with Crippen molar-refractivity contribution in [1.82, 2.24) is 14.8 Å². The number of carbonyl (C=O) groups is 2. The number of nitrogens with one attached hydrogen (secondary N) is 1. The summed E-state index contributed by atoms with van der Waals surface area (Å²) in [5.41, 5.74) is 0.331. The molecule has 3 aromatic rings. The molecule has 0 bridgehead atoms. The Morgan fingerprint density at radius 3 is 2.85 bits per heavy atom. The third kappa shape index (κ3) is 6.58. The van der Waals surface area contributed by atoms with Gasteiger partial charge in [0.25, 0.3) is 0 Å². The standard InChI is InChI=1S/C22H22ClFN4O4S2/c1-4-8-28-18(11-32-14-6-7-17(24)16(23)10-14)26-27-22(28)33-12-19(29)25-20-15(9-13(3)34-20)21(30)31-5-2/h4,6-7,9-10H,1,5,8,11-12H2,2-3H3,(H,25,29). The quantitative estimate of drug-likeness (QED) is 0.211. The van der Waals surface area contributed by atoms with Gasteiger partial charge in [-0.05, 0) is 32.0 Å². The highest BCUT2D eigenvalue weighted by molar-refractivity contribution is 7.99. The van der Waals surface area contributed by atoms with E-state index in [9.17, 15) is 14.0 Å². The molecular formula is C22H22ClFN4O4S2. The number of esters is 1. The summed E-state index contributed by atoms with van der Waals surface area (Å²) in [6, 6.07) is 5.75. The van der Waals surface area contributed by atoms with Crippen LogP contribution in [0.2, 0.25) is 5.02 Å². The third-order valence-electron chi connectivity index (χ3n) is 4.30. The normalized spacial score (nSPS) is 10.7. The maximum Gasteiger partial charge on any atom is 0.341 e. The fraction of sp³-hybridized carbons (Fsp3) is 0.273. The first-order chi connectivity index (χ1) is 16.3. The molecule has 34 heavy (non-hydrogen) atoms. The van der Waals surface area contributed by atoms with E-state index in [0.717, 1.165) is 4.88 Å². The molecule has 0 spiro atoms. The monoisotopic (exact) mass is 524 g/mol. The van der Waals surface area contributed by atoms with E-state index in [-0.39, 0.29) is 29.9 Å². The maximum absolute atomic E-state index is 13.3. The van der Waals surface area contributed by atoms with Gasteiger partial charge in [0.2, 0.25) is 5.91 Å². The number of allylic oxidation sites excluding steroid dienone is 1. The first-order valence-electron chi connectivity index (χ1n) is 10.1. The number of rotatable bonds is 11. The maximum atomic E-state index is 13.3. The second kappa shape index (κ2) is 12.0. The minimum Gasteiger partial charge on any atom is -0.486 e. The number of carbonyl (C=O) groups excluding carboxylic acids is 2. The van der Waals surface area contributed by atoms with Crippen molar-refractivity contribution in [2.75, 3.05) is 17.7 Å². The number of nitrogens with zero attached hydrogens (tertiary/aromatic N) is 3. The van der Waals surface area contributed by atoms with E-state index in [4.69, 9.17) is 21.1 Å². The Balaban J connectivity index is 1.64. The molecule has 0 unspecified atom stereocenters. The number of ether oxygens (including phenoxy) is 2. The first-order valence-corrected chi connectivity index (χ1v) is 12.3. The molecule has 0 aliphatic carbocycles. The first kappa shape index (κ1) is 25.7. The summed E-state index contributed by atoms with van der Waals surface area (Å²) in [7, 11) is 0. The van der Waals surface area contributed by atoms with Crippen molar-refractivity contribution in [3.8, 4) is 5.75 Å². The van der Waals surface area contributed by atoms with E-state index in [1.165, 1.54) is 41.3 Å². The average molecular weight is 525 g/mol. The molecule has 0 saturated heterocycles. The molecule has 2 aromatic heterocycles. The van der Waals surface area contributed by atoms with Gasteiger partial charge in [-0.25, -0.2) is 9.18 Å². The number of thioether (sulfide) groups is 1. The van der Waals surface area contributed by atoms with Crippen molar-refractivity contribution >= 4 is 51.6 Å². The number of hydrogen-bond donors (Lipinski definition) is 1. The number of hydrogen-bond acceptors (Lipinski definition) is 8. The van der Waals surface area contributed by atoms with Gasteiger partial charge in [-0.2, -0.15) is 0 Å². The Kier molecular flexibility index (Phi) is 9.08. The van der Waals surface area contributed by atoms with E-state index < -0.39 is 11.8 Å². The fourth-order valence-corrected chi connectivity index (χ4v) is 4.67. The highest BCUT2D eigenvalue weighted by Gasteiger charge is 2.19. The van der Waals surface area contributed by atoms with Gasteiger partial charge >= 0.3 is 5.97 Å². The molecule has 0 aliphatic rings. The van der Waals surface area contributed by atoms with Crippen LogP contribution in [0.5, 0.6) is 5.75 Å². The van der Waals surface area contributed by atoms with Crippen molar-refractivity contribution in [3.05, 3.63) is 64.0 Å². The topological polar surface area (TPSA) is 95.3 Å². The van der Waals surface area contributed by atoms with Gasteiger partial charge in [-0.3, -0.25) is 9.36 Å². The second-order valence-electron chi connectivity index (χ2n) is 6.82. The number of amides is 1. The minimum atomic E-state index is -0.534. The van der Waals surface area contributed by atoms with Crippen LogP contribution in [-0.2, 0) is 22.7 Å². The van der Waals surface area contributed by atoms with Gasteiger partial charge in [0, 0.05) is 17.5 Å². The lowest BCUT2D eigenvalue weighted by Crippen LogP contribution is -2.16. The van der Waals surface area contributed by atoms with Crippen LogP contribution in [0.15, 0.2) is 42.1 Å². The zero-order valence-corrected chi connectivity index (χ0v) is 20.9. The Morgan fingerprint density at radius 2 is 2.15 bits per heavy atom. The predicted molar refractivity (Wildman–Crippen MR) is 130 cm³/mol. The van der Waals surface area contributed by atoms with Gasteiger partial charge in [0.15, 0.2) is 11.0 Å². The minimum absolute atomic E-state index is 0.0423. The van der Waals surface area contributed by atoms with Crippen LogP contribution in [0.1, 0.15) is 28.0 Å². The Hall–Kier alpha value is -2.89. The molecule has 2 heterocycles. The van der Waals surface area contributed by atoms with Gasteiger partial charge in [-0.1, -0.05) is 29.4 Å². The number of thiophene rings is 1. The van der Waals surface area contributed by atoms with Crippen LogP contribution in [0.25, 0.3) is 0 Å². The number of anilines is 1. The van der Waals surface area contributed by atoms with Gasteiger partial charge in [0.1, 0.15) is 23.2 Å². The molecule has 0 atom stereocenters. The lowest BCUT2D eigenvalue weighted by atomic mass is 10.3. The van der Waals surface area contributed by atoms with Crippen LogP contribution >= 0.6 is 34.7 Å². The summed E-state index contributed by atoms with van der Waals surface area (Å²) < 4.78 is 25.8. The summed E-state index contributed by atoms with van der Waals surface area (Å²) in [5.74, 6) is -0.383. The van der Waals surface area contributed by atoms with Crippen LogP contribution in [0, 0.1) is 12.7 Å². The van der Waals surface area contributed by atoms with E-state index in [1.54, 1.807) is 23.6 Å². The molecular weight excluding hydrogens is 503 g/mol. The van der Waals surface area contributed by atoms with E-state index in [1.807, 2.05) is 6.92 Å². The Labute approximate surface area is 209 Å². The van der Waals surface area contributed by atoms with Crippen LogP contribution in [-0.4, -0.2) is 39.0 Å². The average Bonchev–Trinajstić information content (AvgIpc) is 3.36. The van der Waals surface area contributed by atoms with Crippen molar-refractivity contribution in [2.24, 2.45) is 0 Å². The highest BCUT2D eigenvalue weighted by atomic mass is 35.5. The molecule has 180 valence electrons. The molecule has 8 nitrogen and oxygen atoms in total. The SMILES string of the molecule is C=CCn1c(COc2ccc(F)c(Cl)c2)nnc1SCC(=O)Nc1sc(C)cc1C(=O)OCC. The summed E-state index contributed by atoms with van der Waals surface area (Å²) >= 11 is 8.27. The van der Waals surface area contributed by atoms with Crippen LogP contribution in [0.4, 0.5) is 9.39 Å². The van der Waals surface area contributed by atoms with E-state index in [2.05, 4.69) is 22.1 Å². The third-order valence-corrected chi connectivity index (χ3v) is 6.52. The molecule has 1 N–H and O–H groups in total. The zero-order valence-electron chi connectivity index (χ0n) is 18.5. The Bertz CT molecular complexity index is 1200. The largest absolute Gasteiger partial charge is 0.486 e. The van der Waals surface area contributed by atoms with Gasteiger partial charge < -0.3 is 14.8 Å². The molecule has 3 rings (SSSR count). The lowest BCUT2D eigenvalue weighted by Gasteiger charge is -2.10. The molecule has 12 heteroatoms. The molecule has 1 aromatic carbocycles. The molecule has 1 amide bonds. The summed E-state index contributed by atoms with van der Waals surface area (Å²) in [4.78, 5) is 25.5. The predicted octanol–water partition coefficient (Wildman–Crippen LogP) is 5.11. The molecule has 0 fully saturated rings.